The maximum atomic E-state index is 8.60. The van der Waals surface area contributed by atoms with Crippen molar-refractivity contribution in [2.24, 2.45) is 5.92 Å². The molecular weight excluding hydrogens is 829 g/mol. The van der Waals surface area contributed by atoms with Crippen molar-refractivity contribution in [2.45, 2.75) is 71.2 Å². The van der Waals surface area contributed by atoms with Gasteiger partial charge in [0.1, 0.15) is 0 Å². The normalized spacial score (nSPS) is 13.8. The van der Waals surface area contributed by atoms with Crippen LogP contribution in [-0.2, 0) is 26.5 Å². The quantitative estimate of drug-likeness (QED) is 0.123. The molecule has 0 aliphatic heterocycles. The Kier molecular flexibility index (Phi) is 8.86. The molecule has 0 fully saturated rings. The van der Waals surface area contributed by atoms with Crippen LogP contribution in [0, 0.1) is 31.8 Å². The fourth-order valence-electron chi connectivity index (χ4n) is 5.84. The molecule has 0 bridgehead atoms. The van der Waals surface area contributed by atoms with Crippen molar-refractivity contribution in [3.63, 3.8) is 0 Å². The van der Waals surface area contributed by atoms with Crippen LogP contribution in [0.25, 0.3) is 55.7 Å². The average Bonchev–Trinajstić information content (AvgIpc) is 3.66. The Morgan fingerprint density at radius 3 is 2.44 bits per heavy atom. The summed E-state index contributed by atoms with van der Waals surface area (Å²) in [6, 6.07) is 29.4. The van der Waals surface area contributed by atoms with E-state index in [2.05, 4.69) is 69.9 Å². The number of hydrogen-bond donors (Lipinski definition) is 0. The third-order valence-corrected chi connectivity index (χ3v) is 12.2. The molecule has 1 radical (unpaired) electrons. The zero-order valence-electron chi connectivity index (χ0n) is 33.7. The standard InChI is InChI=1S/C22H18N3O.C19H26GeN.Ir/c1-13(2)25-19-10-5-4-9-18(19)24-21(25)17-8-6-7-15-16-12-11-14(3)23-22(16)26-20(15)17;1-14(2)11-17-12-19(16-9-7-15(3)8-10-16)21-13-18(17)20(4,5)6;/h4-7,9-13H,1-3H3;7-9,12-14H,11H2,1-6H3;/q2*-1;/i;3D3,11D2;. The Bertz CT molecular complexity index is 2390. The first-order valence-electron chi connectivity index (χ1n) is 18.6. The van der Waals surface area contributed by atoms with E-state index in [1.54, 1.807) is 12.1 Å². The predicted octanol–water partition coefficient (Wildman–Crippen LogP) is 10.3. The number of furan rings is 1. The molecule has 0 N–H and O–H groups in total. The molecular formula is C41H44GeIrN4O-2. The third kappa shape index (κ3) is 7.36. The van der Waals surface area contributed by atoms with Gasteiger partial charge in [-0.15, -0.1) is 18.2 Å². The van der Waals surface area contributed by atoms with Crippen LogP contribution in [0.5, 0.6) is 0 Å². The van der Waals surface area contributed by atoms with E-state index < -0.39 is 26.5 Å². The van der Waals surface area contributed by atoms with Crippen molar-refractivity contribution < 1.29 is 31.4 Å². The zero-order valence-corrected chi connectivity index (χ0v) is 33.2. The molecule has 249 valence electrons. The van der Waals surface area contributed by atoms with Gasteiger partial charge in [0, 0.05) is 37.2 Å². The van der Waals surface area contributed by atoms with Crippen molar-refractivity contribution >= 4 is 50.8 Å². The fraction of sp³-hybridized carbons (Fsp3) is 0.293. The van der Waals surface area contributed by atoms with Gasteiger partial charge in [-0.2, -0.15) is 0 Å². The number of benzene rings is 3. The summed E-state index contributed by atoms with van der Waals surface area (Å²) < 4.78 is 49.0. The van der Waals surface area contributed by atoms with Gasteiger partial charge in [0.05, 0.1) is 22.4 Å². The molecule has 48 heavy (non-hydrogen) atoms. The van der Waals surface area contributed by atoms with Gasteiger partial charge < -0.3 is 8.98 Å². The number of aryl methyl sites for hydroxylation is 2. The zero-order chi connectivity index (χ0) is 37.7. The van der Waals surface area contributed by atoms with Gasteiger partial charge >= 0.3 is 139 Å². The summed E-state index contributed by atoms with van der Waals surface area (Å²) in [5, 5.41) is 2.07. The van der Waals surface area contributed by atoms with E-state index in [9.17, 15) is 0 Å². The van der Waals surface area contributed by atoms with Gasteiger partial charge in [0.25, 0.3) is 0 Å². The SMILES string of the molecule is Cc1ccc2c(n1)oc1c(-c3nc4ccccc4n3C(C)C)[c-]ccc12.[2H]C([2H])([2H])c1c[c-]c(-c2cc(C([2H])([2H])C(C)C)[c]([Ge]([CH3])([CH3])[CH3])cn2)cc1.[Ir]. The number of aromatic nitrogens is 4. The smallest absolute Gasteiger partial charge is 0 e. The molecule has 0 saturated carbocycles. The predicted molar refractivity (Wildman–Crippen MR) is 199 cm³/mol. The van der Waals surface area contributed by atoms with Crippen LogP contribution in [0.1, 0.15) is 57.4 Å². The topological polar surface area (TPSA) is 56.7 Å². The van der Waals surface area contributed by atoms with Crippen LogP contribution >= 0.6 is 0 Å². The Labute approximate surface area is 308 Å². The van der Waals surface area contributed by atoms with Crippen LogP contribution < -0.4 is 4.40 Å². The van der Waals surface area contributed by atoms with Crippen LogP contribution in [0.3, 0.4) is 0 Å². The van der Waals surface area contributed by atoms with Gasteiger partial charge in [-0.05, 0) is 45.0 Å². The molecule has 0 saturated heterocycles. The molecule has 0 amide bonds. The minimum Gasteiger partial charge on any atom is 0 e. The molecule has 7 aromatic rings. The largest absolute Gasteiger partial charge is 0 e. The van der Waals surface area contributed by atoms with E-state index in [-0.39, 0.29) is 37.6 Å². The summed E-state index contributed by atoms with van der Waals surface area (Å²) in [5.41, 5.74) is 7.60. The maximum absolute atomic E-state index is 8.60. The van der Waals surface area contributed by atoms with E-state index in [4.69, 9.17) is 16.3 Å². The molecule has 0 atom stereocenters. The second kappa shape index (κ2) is 14.5. The van der Waals surface area contributed by atoms with Crippen LogP contribution in [0.4, 0.5) is 0 Å². The number of para-hydroxylation sites is 2. The molecule has 3 aromatic carbocycles. The summed E-state index contributed by atoms with van der Waals surface area (Å²) in [5.74, 6) is 7.40. The monoisotopic (exact) mass is 880 g/mol. The Hall–Kier alpha value is -3.58. The molecule has 5 nitrogen and oxygen atoms in total. The minimum atomic E-state index is -2.32. The van der Waals surface area contributed by atoms with Gasteiger partial charge in [-0.3, -0.25) is 4.98 Å². The number of pyridine rings is 2. The summed E-state index contributed by atoms with van der Waals surface area (Å²) in [4.78, 5) is 14.0. The van der Waals surface area contributed by atoms with Crippen molar-refractivity contribution in [1.82, 2.24) is 19.5 Å². The van der Waals surface area contributed by atoms with E-state index in [1.807, 2.05) is 69.4 Å². The third-order valence-electron chi connectivity index (χ3n) is 8.02. The van der Waals surface area contributed by atoms with Crippen molar-refractivity contribution in [3.05, 3.63) is 108 Å². The van der Waals surface area contributed by atoms with E-state index >= 15 is 0 Å². The van der Waals surface area contributed by atoms with E-state index in [0.717, 1.165) is 48.9 Å². The van der Waals surface area contributed by atoms with E-state index in [0.29, 0.717) is 22.5 Å². The molecule has 4 heterocycles. The fourth-order valence-corrected chi connectivity index (χ4v) is 8.79. The maximum Gasteiger partial charge on any atom is 0 e. The molecule has 0 spiro atoms. The number of hydrogen-bond acceptors (Lipinski definition) is 4. The first-order valence-corrected chi connectivity index (χ1v) is 23.4. The number of fused-ring (bicyclic) bond motifs is 4. The first-order chi connectivity index (χ1) is 24.4. The molecule has 0 aliphatic carbocycles. The Morgan fingerprint density at radius 2 is 1.75 bits per heavy atom. The van der Waals surface area contributed by atoms with Crippen LogP contribution in [0.2, 0.25) is 17.3 Å². The van der Waals surface area contributed by atoms with Crippen molar-refractivity contribution in [3.8, 4) is 22.6 Å². The first kappa shape index (κ1) is 29.3. The van der Waals surface area contributed by atoms with Crippen LogP contribution in [-0.4, -0.2) is 32.8 Å². The van der Waals surface area contributed by atoms with E-state index in [1.165, 1.54) is 6.07 Å². The second-order valence-corrected chi connectivity index (χ2v) is 24.1. The van der Waals surface area contributed by atoms with Gasteiger partial charge in [-0.1, -0.05) is 23.1 Å². The van der Waals surface area contributed by atoms with Gasteiger partial charge in [0.15, 0.2) is 0 Å². The Balaban J connectivity index is 0.000000201. The average molecular weight is 879 g/mol. The molecule has 7 heteroatoms. The number of imidazole rings is 1. The summed E-state index contributed by atoms with van der Waals surface area (Å²) in [7, 11) is 0. The molecule has 0 unspecified atom stereocenters. The van der Waals surface area contributed by atoms with Gasteiger partial charge in [-0.25, -0.2) is 4.98 Å². The number of rotatable bonds is 6. The van der Waals surface area contributed by atoms with Crippen LogP contribution in [0.15, 0.2) is 83.4 Å². The number of nitrogens with zero attached hydrogens (tertiary/aromatic N) is 4. The molecule has 7 rings (SSSR count). The minimum absolute atomic E-state index is 0. The summed E-state index contributed by atoms with van der Waals surface area (Å²) >= 11 is -2.32. The second-order valence-electron chi connectivity index (χ2n) is 13.5. The Morgan fingerprint density at radius 1 is 0.958 bits per heavy atom. The summed E-state index contributed by atoms with van der Waals surface area (Å²) in [6.07, 6.45) is 0.362. The van der Waals surface area contributed by atoms with Crippen molar-refractivity contribution in [2.75, 3.05) is 0 Å². The molecule has 0 aliphatic rings. The van der Waals surface area contributed by atoms with Gasteiger partial charge in [0.2, 0.25) is 5.71 Å². The van der Waals surface area contributed by atoms with Crippen molar-refractivity contribution in [1.29, 1.82) is 0 Å². The molecule has 4 aromatic heterocycles. The summed E-state index contributed by atoms with van der Waals surface area (Å²) in [6.45, 7) is 7.92.